The molecule has 118 valence electrons. The lowest BCUT2D eigenvalue weighted by Gasteiger charge is -2.16. The molecule has 2 heterocycles. The van der Waals surface area contributed by atoms with Crippen molar-refractivity contribution in [2.45, 2.75) is 33.2 Å². The van der Waals surface area contributed by atoms with Gasteiger partial charge in [0.2, 0.25) is 0 Å². The van der Waals surface area contributed by atoms with Crippen molar-refractivity contribution in [2.24, 2.45) is 0 Å². The van der Waals surface area contributed by atoms with E-state index >= 15 is 0 Å². The molecule has 0 aliphatic heterocycles. The highest BCUT2D eigenvalue weighted by atomic mass is 16.5. The first-order chi connectivity index (χ1) is 10.4. The number of hydrogen-bond donors (Lipinski definition) is 1. The Morgan fingerprint density at radius 1 is 1.18 bits per heavy atom. The van der Waals surface area contributed by atoms with E-state index in [-0.39, 0.29) is 0 Å². The Labute approximate surface area is 131 Å². The molecule has 0 saturated carbocycles. The van der Waals surface area contributed by atoms with Crippen molar-refractivity contribution in [1.29, 1.82) is 0 Å². The number of aromatic nitrogens is 3. The van der Waals surface area contributed by atoms with E-state index in [1.165, 1.54) is 0 Å². The molecule has 0 unspecified atom stereocenters. The van der Waals surface area contributed by atoms with Crippen LogP contribution in [-0.4, -0.2) is 33.9 Å². The van der Waals surface area contributed by atoms with E-state index in [0.29, 0.717) is 23.3 Å². The summed E-state index contributed by atoms with van der Waals surface area (Å²) in [4.78, 5) is 14.8. The van der Waals surface area contributed by atoms with Crippen molar-refractivity contribution in [3.8, 4) is 11.5 Å². The van der Waals surface area contributed by atoms with Gasteiger partial charge in [0, 0.05) is 24.4 Å². The van der Waals surface area contributed by atoms with Crippen LogP contribution in [0.25, 0.3) is 0 Å². The topological polar surface area (TPSA) is 77.2 Å². The molecule has 0 amide bonds. The van der Waals surface area contributed by atoms with Crippen LogP contribution >= 0.6 is 0 Å². The van der Waals surface area contributed by atoms with Crippen molar-refractivity contribution in [1.82, 2.24) is 19.9 Å². The third kappa shape index (κ3) is 3.92. The monoisotopic (exact) mass is 301 g/mol. The van der Waals surface area contributed by atoms with Crippen LogP contribution in [0, 0.1) is 6.92 Å². The summed E-state index contributed by atoms with van der Waals surface area (Å²) in [5, 5.41) is 0. The van der Waals surface area contributed by atoms with Gasteiger partial charge in [-0.3, -0.25) is 4.98 Å². The van der Waals surface area contributed by atoms with Crippen LogP contribution in [0.1, 0.15) is 36.8 Å². The van der Waals surface area contributed by atoms with E-state index in [1.807, 2.05) is 26.4 Å². The van der Waals surface area contributed by atoms with Crippen LogP contribution in [0.15, 0.2) is 18.5 Å². The van der Waals surface area contributed by atoms with Crippen molar-refractivity contribution >= 4 is 5.82 Å². The molecule has 0 spiro atoms. The molecular formula is C16H23N5O. The van der Waals surface area contributed by atoms with E-state index in [1.54, 1.807) is 13.1 Å². The van der Waals surface area contributed by atoms with Crippen LogP contribution in [-0.2, 0) is 6.54 Å². The zero-order chi connectivity index (χ0) is 16.3. The van der Waals surface area contributed by atoms with E-state index in [4.69, 9.17) is 10.5 Å². The Morgan fingerprint density at radius 2 is 1.91 bits per heavy atom. The Bertz CT molecular complexity index is 655. The number of anilines is 1. The summed E-state index contributed by atoms with van der Waals surface area (Å²) in [6.07, 6.45) is 3.47. The summed E-state index contributed by atoms with van der Waals surface area (Å²) >= 11 is 0. The average Bonchev–Trinajstić information content (AvgIpc) is 2.41. The lowest BCUT2D eigenvalue weighted by molar-refractivity contribution is 0.394. The summed E-state index contributed by atoms with van der Waals surface area (Å²) in [7, 11) is 4.01. The second-order valence-electron chi connectivity index (χ2n) is 5.87. The maximum absolute atomic E-state index is 5.97. The normalized spacial score (nSPS) is 11.2. The largest absolute Gasteiger partial charge is 0.451 e. The minimum absolute atomic E-state index is 0.295. The predicted octanol–water partition coefficient (Wildman–Crippen LogP) is 2.74. The van der Waals surface area contributed by atoms with Gasteiger partial charge in [0.15, 0.2) is 11.6 Å². The Balaban J connectivity index is 2.37. The lowest BCUT2D eigenvalue weighted by atomic mass is 10.0. The fourth-order valence-electron chi connectivity index (χ4n) is 2.09. The molecule has 0 saturated heterocycles. The molecule has 0 fully saturated rings. The van der Waals surface area contributed by atoms with Gasteiger partial charge in [0.05, 0.1) is 11.9 Å². The molecule has 0 radical (unpaired) electrons. The molecule has 0 atom stereocenters. The van der Waals surface area contributed by atoms with Gasteiger partial charge >= 0.3 is 0 Å². The molecule has 2 N–H and O–H groups in total. The Kier molecular flexibility index (Phi) is 4.92. The standard InChI is InChI=1S/C16H23N5O/c1-10(2)13-7-19-12(9-21(4)5)6-14(13)22-15-8-18-11(3)20-16(15)17/h6-8,10H,9H2,1-5H3,(H2,17,18,20). The van der Waals surface area contributed by atoms with Crippen LogP contribution in [0.2, 0.25) is 0 Å². The summed E-state index contributed by atoms with van der Waals surface area (Å²) < 4.78 is 5.97. The first-order valence-corrected chi connectivity index (χ1v) is 7.27. The molecule has 0 bridgehead atoms. The van der Waals surface area contributed by atoms with Crippen molar-refractivity contribution < 1.29 is 4.74 Å². The first-order valence-electron chi connectivity index (χ1n) is 7.27. The predicted molar refractivity (Wildman–Crippen MR) is 87.0 cm³/mol. The molecule has 22 heavy (non-hydrogen) atoms. The third-order valence-electron chi connectivity index (χ3n) is 3.18. The van der Waals surface area contributed by atoms with E-state index < -0.39 is 0 Å². The minimum atomic E-state index is 0.295. The smallest absolute Gasteiger partial charge is 0.187 e. The van der Waals surface area contributed by atoms with Crippen LogP contribution < -0.4 is 10.5 Å². The average molecular weight is 301 g/mol. The van der Waals surface area contributed by atoms with Crippen LogP contribution in [0.5, 0.6) is 11.5 Å². The van der Waals surface area contributed by atoms with Crippen LogP contribution in [0.4, 0.5) is 5.82 Å². The Hall–Kier alpha value is -2.21. The molecule has 6 heteroatoms. The van der Waals surface area contributed by atoms with E-state index in [9.17, 15) is 0 Å². The van der Waals surface area contributed by atoms with Crippen molar-refractivity contribution in [2.75, 3.05) is 19.8 Å². The molecule has 2 aromatic heterocycles. The van der Waals surface area contributed by atoms with E-state index in [2.05, 4.69) is 33.7 Å². The maximum Gasteiger partial charge on any atom is 0.187 e. The third-order valence-corrected chi connectivity index (χ3v) is 3.18. The second-order valence-corrected chi connectivity index (χ2v) is 5.87. The van der Waals surface area contributed by atoms with Gasteiger partial charge in [0.25, 0.3) is 0 Å². The van der Waals surface area contributed by atoms with Gasteiger partial charge in [-0.1, -0.05) is 13.8 Å². The molecule has 0 aromatic carbocycles. The zero-order valence-electron chi connectivity index (χ0n) is 13.8. The SMILES string of the molecule is Cc1ncc(Oc2cc(CN(C)C)ncc2C(C)C)c(N)n1. The number of nitrogens with two attached hydrogens (primary N) is 1. The summed E-state index contributed by atoms with van der Waals surface area (Å²) in [5.41, 5.74) is 7.89. The second kappa shape index (κ2) is 6.70. The summed E-state index contributed by atoms with van der Waals surface area (Å²) in [5.74, 6) is 2.48. The minimum Gasteiger partial charge on any atom is -0.451 e. The van der Waals surface area contributed by atoms with Gasteiger partial charge in [0.1, 0.15) is 11.6 Å². The molecule has 2 aromatic rings. The quantitative estimate of drug-likeness (QED) is 0.915. The van der Waals surface area contributed by atoms with E-state index in [0.717, 1.165) is 23.6 Å². The highest BCUT2D eigenvalue weighted by Gasteiger charge is 2.13. The maximum atomic E-state index is 5.97. The van der Waals surface area contributed by atoms with Gasteiger partial charge in [-0.25, -0.2) is 9.97 Å². The highest BCUT2D eigenvalue weighted by Crippen LogP contribution is 2.32. The molecule has 6 nitrogen and oxygen atoms in total. The highest BCUT2D eigenvalue weighted by molar-refractivity contribution is 5.48. The number of ether oxygens (including phenoxy) is 1. The number of nitrogens with zero attached hydrogens (tertiary/aromatic N) is 4. The summed E-state index contributed by atoms with van der Waals surface area (Å²) in [6.45, 7) is 6.74. The zero-order valence-corrected chi connectivity index (χ0v) is 13.8. The van der Waals surface area contributed by atoms with Gasteiger partial charge in [-0.15, -0.1) is 0 Å². The molecule has 2 rings (SSSR count). The molecular weight excluding hydrogens is 278 g/mol. The number of nitrogen functional groups attached to an aromatic ring is 1. The van der Waals surface area contributed by atoms with Gasteiger partial charge in [-0.2, -0.15) is 0 Å². The number of rotatable bonds is 5. The number of pyridine rings is 1. The Morgan fingerprint density at radius 3 is 2.50 bits per heavy atom. The van der Waals surface area contributed by atoms with Crippen molar-refractivity contribution in [3.63, 3.8) is 0 Å². The summed E-state index contributed by atoms with van der Waals surface area (Å²) in [6, 6.07) is 1.95. The van der Waals surface area contributed by atoms with Gasteiger partial charge in [-0.05, 0) is 26.9 Å². The number of aryl methyl sites for hydroxylation is 1. The number of hydrogen-bond acceptors (Lipinski definition) is 6. The fourth-order valence-corrected chi connectivity index (χ4v) is 2.09. The first kappa shape index (κ1) is 16.2. The van der Waals surface area contributed by atoms with Crippen molar-refractivity contribution in [3.05, 3.63) is 35.5 Å². The lowest BCUT2D eigenvalue weighted by Crippen LogP contribution is -2.12. The molecule has 0 aliphatic carbocycles. The molecule has 0 aliphatic rings. The van der Waals surface area contributed by atoms with Gasteiger partial charge < -0.3 is 15.4 Å². The van der Waals surface area contributed by atoms with Crippen LogP contribution in [0.3, 0.4) is 0 Å². The fraction of sp³-hybridized carbons (Fsp3) is 0.438.